The summed E-state index contributed by atoms with van der Waals surface area (Å²) in [6, 6.07) is 7.25. The first-order valence-electron chi connectivity index (χ1n) is 8.99. The van der Waals surface area contributed by atoms with Crippen molar-refractivity contribution in [1.82, 2.24) is 10.2 Å². The van der Waals surface area contributed by atoms with Crippen molar-refractivity contribution in [1.29, 1.82) is 0 Å². The molecule has 7 heteroatoms. The highest BCUT2D eigenvalue weighted by molar-refractivity contribution is 5.86. The number of rotatable bonds is 8. The predicted octanol–water partition coefficient (Wildman–Crippen LogP) is 1.28. The number of nitrogens with one attached hydrogen (secondary N) is 1. The molecule has 26 heavy (non-hydrogen) atoms. The molecule has 2 amide bonds. The van der Waals surface area contributed by atoms with Crippen molar-refractivity contribution in [3.05, 3.63) is 29.8 Å². The van der Waals surface area contributed by atoms with E-state index < -0.39 is 12.1 Å². The van der Waals surface area contributed by atoms with E-state index in [1.165, 1.54) is 0 Å². The number of carbonyl (C=O) groups is 2. The van der Waals surface area contributed by atoms with Gasteiger partial charge in [-0.2, -0.15) is 0 Å². The van der Waals surface area contributed by atoms with E-state index in [0.717, 1.165) is 30.6 Å². The molecule has 7 nitrogen and oxygen atoms in total. The second-order valence-electron chi connectivity index (χ2n) is 6.62. The Balaban J connectivity index is 1.80. The lowest BCUT2D eigenvalue weighted by molar-refractivity contribution is -0.165. The van der Waals surface area contributed by atoms with Crippen LogP contribution in [0.3, 0.4) is 0 Å². The fraction of sp³-hybridized carbons (Fsp3) is 0.579. The molecular formula is C19H26N2O5. The van der Waals surface area contributed by atoms with E-state index in [4.69, 9.17) is 14.2 Å². The summed E-state index contributed by atoms with van der Waals surface area (Å²) in [5.41, 5.74) is 0.878. The minimum absolute atomic E-state index is 0.0562. The van der Waals surface area contributed by atoms with Gasteiger partial charge in [0, 0.05) is 26.3 Å². The molecule has 1 aromatic carbocycles. The first-order chi connectivity index (χ1) is 12.7. The lowest BCUT2D eigenvalue weighted by Crippen LogP contribution is -2.55. The topological polar surface area (TPSA) is 77.1 Å². The number of carbonyl (C=O) groups excluding carboxylic acids is 2. The summed E-state index contributed by atoms with van der Waals surface area (Å²) in [6.07, 6.45) is 1.96. The van der Waals surface area contributed by atoms with E-state index in [0.29, 0.717) is 13.2 Å². The number of hydrogen-bond acceptors (Lipinski definition) is 5. The molecular weight excluding hydrogens is 336 g/mol. The van der Waals surface area contributed by atoms with Crippen LogP contribution in [0.25, 0.3) is 0 Å². The van der Waals surface area contributed by atoms with Crippen LogP contribution in [0.1, 0.15) is 30.9 Å². The first-order valence-corrected chi connectivity index (χ1v) is 8.99. The third-order valence-electron chi connectivity index (χ3n) is 4.74. The largest absolute Gasteiger partial charge is 0.497 e. The van der Waals surface area contributed by atoms with Crippen molar-refractivity contribution in [2.45, 2.75) is 37.5 Å². The van der Waals surface area contributed by atoms with Gasteiger partial charge in [0.15, 0.2) is 6.10 Å². The maximum atomic E-state index is 12.7. The van der Waals surface area contributed by atoms with Crippen LogP contribution in [0.2, 0.25) is 0 Å². The zero-order chi connectivity index (χ0) is 18.5. The average molecular weight is 362 g/mol. The van der Waals surface area contributed by atoms with Crippen molar-refractivity contribution in [2.75, 3.05) is 34.0 Å². The molecule has 1 aliphatic heterocycles. The van der Waals surface area contributed by atoms with E-state index in [1.807, 2.05) is 29.2 Å². The van der Waals surface area contributed by atoms with E-state index >= 15 is 0 Å². The third kappa shape index (κ3) is 4.16. The molecule has 1 aliphatic carbocycles. The van der Waals surface area contributed by atoms with Crippen LogP contribution in [0.4, 0.5) is 0 Å². The van der Waals surface area contributed by atoms with Crippen LogP contribution >= 0.6 is 0 Å². The van der Waals surface area contributed by atoms with Crippen molar-refractivity contribution >= 4 is 11.8 Å². The van der Waals surface area contributed by atoms with Crippen LogP contribution in [0.15, 0.2) is 24.3 Å². The maximum absolute atomic E-state index is 12.7. The number of methoxy groups -OCH3 is 2. The molecule has 0 bridgehead atoms. The first kappa shape index (κ1) is 18.7. The molecule has 1 N–H and O–H groups in total. The number of benzene rings is 1. The average Bonchev–Trinajstić information content (AvgIpc) is 3.50. The molecule has 1 saturated carbocycles. The van der Waals surface area contributed by atoms with Crippen LogP contribution in [0, 0.1) is 0 Å². The molecule has 142 valence electrons. The highest BCUT2D eigenvalue weighted by Crippen LogP contribution is 2.39. The van der Waals surface area contributed by atoms with Crippen LogP contribution in [0.5, 0.6) is 5.75 Å². The highest BCUT2D eigenvalue weighted by Gasteiger charge is 2.47. The summed E-state index contributed by atoms with van der Waals surface area (Å²) in [5, 5.41) is 2.90. The van der Waals surface area contributed by atoms with Gasteiger partial charge in [0.2, 0.25) is 5.91 Å². The smallest absolute Gasteiger partial charge is 0.251 e. The minimum atomic E-state index is -0.718. The fourth-order valence-corrected chi connectivity index (χ4v) is 3.30. The molecule has 1 aromatic rings. The van der Waals surface area contributed by atoms with E-state index in [1.54, 1.807) is 14.2 Å². The molecule has 2 fully saturated rings. The van der Waals surface area contributed by atoms with Crippen molar-refractivity contribution in [3.63, 3.8) is 0 Å². The summed E-state index contributed by atoms with van der Waals surface area (Å²) in [5.74, 6) is 0.479. The Kier molecular flexibility index (Phi) is 6.11. The Morgan fingerprint density at radius 3 is 2.62 bits per heavy atom. The van der Waals surface area contributed by atoms with Gasteiger partial charge in [0.1, 0.15) is 12.4 Å². The number of ether oxygens (including phenoxy) is 3. The SMILES string of the molecule is COCCCNC(=O)[C@H]1OCC(=O)N(C2CC2)[C@@H]1c1ccc(OC)cc1. The summed E-state index contributed by atoms with van der Waals surface area (Å²) < 4.78 is 15.9. The summed E-state index contributed by atoms with van der Waals surface area (Å²) in [4.78, 5) is 27.0. The van der Waals surface area contributed by atoms with Gasteiger partial charge >= 0.3 is 0 Å². The minimum Gasteiger partial charge on any atom is -0.497 e. The normalized spacial score (nSPS) is 23.0. The monoisotopic (exact) mass is 362 g/mol. The zero-order valence-electron chi connectivity index (χ0n) is 15.3. The number of hydrogen-bond donors (Lipinski definition) is 1. The Morgan fingerprint density at radius 2 is 2.00 bits per heavy atom. The molecule has 0 aromatic heterocycles. The molecule has 2 aliphatic rings. The molecule has 1 saturated heterocycles. The van der Waals surface area contributed by atoms with Crippen molar-refractivity contribution < 1.29 is 23.8 Å². The van der Waals surface area contributed by atoms with Crippen LogP contribution < -0.4 is 10.1 Å². The van der Waals surface area contributed by atoms with Gasteiger partial charge < -0.3 is 24.4 Å². The van der Waals surface area contributed by atoms with Gasteiger partial charge in [-0.15, -0.1) is 0 Å². The van der Waals surface area contributed by atoms with Gasteiger partial charge in [0.25, 0.3) is 5.91 Å². The van der Waals surface area contributed by atoms with E-state index in [-0.39, 0.29) is 24.5 Å². The Bertz CT molecular complexity index is 629. The number of nitrogens with zero attached hydrogens (tertiary/aromatic N) is 1. The molecule has 3 rings (SSSR count). The van der Waals surface area contributed by atoms with Gasteiger partial charge in [-0.3, -0.25) is 9.59 Å². The quantitative estimate of drug-likeness (QED) is 0.705. The van der Waals surface area contributed by atoms with Gasteiger partial charge in [-0.25, -0.2) is 0 Å². The third-order valence-corrected chi connectivity index (χ3v) is 4.74. The predicted molar refractivity (Wildman–Crippen MR) is 94.8 cm³/mol. The Hall–Kier alpha value is -2.12. The van der Waals surface area contributed by atoms with Gasteiger partial charge in [-0.05, 0) is 37.0 Å². The standard InChI is InChI=1S/C19H26N2O5/c1-24-11-3-10-20-19(23)18-17(13-4-8-15(25-2)9-5-13)21(14-6-7-14)16(22)12-26-18/h4-5,8-9,14,17-18H,3,6-7,10-12H2,1-2H3,(H,20,23)/t17-,18+/m1/s1. The van der Waals surface area contributed by atoms with E-state index in [2.05, 4.69) is 5.32 Å². The summed E-state index contributed by atoms with van der Waals surface area (Å²) in [6.45, 7) is 1.04. The zero-order valence-corrected chi connectivity index (χ0v) is 15.3. The van der Waals surface area contributed by atoms with Crippen molar-refractivity contribution in [2.24, 2.45) is 0 Å². The summed E-state index contributed by atoms with van der Waals surface area (Å²) in [7, 11) is 3.24. The Morgan fingerprint density at radius 1 is 1.27 bits per heavy atom. The second-order valence-corrected chi connectivity index (χ2v) is 6.62. The van der Waals surface area contributed by atoms with Gasteiger partial charge in [-0.1, -0.05) is 12.1 Å². The second kappa shape index (κ2) is 8.51. The fourth-order valence-electron chi connectivity index (χ4n) is 3.30. The highest BCUT2D eigenvalue weighted by atomic mass is 16.5. The molecule has 0 unspecified atom stereocenters. The number of amides is 2. The molecule has 0 radical (unpaired) electrons. The molecule has 0 spiro atoms. The van der Waals surface area contributed by atoms with Crippen LogP contribution in [-0.2, 0) is 19.1 Å². The van der Waals surface area contributed by atoms with Crippen molar-refractivity contribution in [3.8, 4) is 5.75 Å². The van der Waals surface area contributed by atoms with Crippen LogP contribution in [-0.4, -0.2) is 62.8 Å². The van der Waals surface area contributed by atoms with E-state index in [9.17, 15) is 9.59 Å². The summed E-state index contributed by atoms with van der Waals surface area (Å²) >= 11 is 0. The lowest BCUT2D eigenvalue weighted by atomic mass is 9.96. The van der Waals surface area contributed by atoms with Gasteiger partial charge in [0.05, 0.1) is 13.2 Å². The maximum Gasteiger partial charge on any atom is 0.251 e. The molecule has 2 atom stereocenters. The Labute approximate surface area is 153 Å². The lowest BCUT2D eigenvalue weighted by Gasteiger charge is -2.40. The molecule has 1 heterocycles. The number of morpholine rings is 1.